The summed E-state index contributed by atoms with van der Waals surface area (Å²) in [6.45, 7) is -0.144. The van der Waals surface area contributed by atoms with E-state index in [2.05, 4.69) is 10.3 Å². The third kappa shape index (κ3) is 4.64. The molecule has 0 aliphatic heterocycles. The van der Waals surface area contributed by atoms with E-state index in [4.69, 9.17) is 4.74 Å². The van der Waals surface area contributed by atoms with Gasteiger partial charge in [-0.05, 0) is 42.0 Å². The Hall–Kier alpha value is -3.42. The second kappa shape index (κ2) is 8.08. The fraction of sp³-hybridized carbons (Fsp3) is 0.100. The number of alkyl halides is 3. The van der Waals surface area contributed by atoms with Gasteiger partial charge < -0.3 is 10.1 Å². The molecule has 0 radical (unpaired) electrons. The van der Waals surface area contributed by atoms with Crippen LogP contribution < -0.4 is 10.1 Å². The Bertz CT molecular complexity index is 975. The van der Waals surface area contributed by atoms with Crippen LogP contribution in [0, 0.1) is 5.82 Å². The molecule has 8 heteroatoms. The fourth-order valence-corrected chi connectivity index (χ4v) is 2.48. The molecule has 0 aliphatic carbocycles. The maximum absolute atomic E-state index is 14.2. The number of nitrogens with one attached hydrogen (secondary N) is 1. The van der Waals surface area contributed by atoms with Crippen molar-refractivity contribution >= 4 is 5.91 Å². The molecule has 0 atom stereocenters. The molecule has 144 valence electrons. The van der Waals surface area contributed by atoms with Crippen molar-refractivity contribution in [3.05, 3.63) is 89.5 Å². The van der Waals surface area contributed by atoms with Crippen molar-refractivity contribution in [2.75, 3.05) is 0 Å². The second-order valence-corrected chi connectivity index (χ2v) is 5.78. The van der Waals surface area contributed by atoms with Gasteiger partial charge in [-0.2, -0.15) is 13.2 Å². The molecule has 0 saturated heterocycles. The number of amides is 1. The quantitative estimate of drug-likeness (QED) is 0.627. The minimum Gasteiger partial charge on any atom is -0.453 e. The number of carbonyl (C=O) groups excluding carboxylic acids is 1. The van der Waals surface area contributed by atoms with Crippen LogP contribution in [0.25, 0.3) is 0 Å². The van der Waals surface area contributed by atoms with E-state index in [1.54, 1.807) is 18.3 Å². The van der Waals surface area contributed by atoms with Crippen LogP contribution in [-0.2, 0) is 12.7 Å². The van der Waals surface area contributed by atoms with Crippen LogP contribution in [-0.4, -0.2) is 10.9 Å². The van der Waals surface area contributed by atoms with Crippen LogP contribution >= 0.6 is 0 Å². The lowest BCUT2D eigenvalue weighted by Gasteiger charge is -2.13. The number of carbonyl (C=O) groups is 1. The molecule has 2 aromatic carbocycles. The minimum absolute atomic E-state index is 0.0366. The topological polar surface area (TPSA) is 51.2 Å². The Morgan fingerprint density at radius 2 is 1.86 bits per heavy atom. The number of halogens is 4. The third-order valence-electron chi connectivity index (χ3n) is 3.79. The van der Waals surface area contributed by atoms with Gasteiger partial charge >= 0.3 is 6.18 Å². The zero-order valence-corrected chi connectivity index (χ0v) is 14.3. The Labute approximate surface area is 157 Å². The van der Waals surface area contributed by atoms with Crippen LogP contribution in [0.4, 0.5) is 17.6 Å². The van der Waals surface area contributed by atoms with Crippen LogP contribution in [0.3, 0.4) is 0 Å². The van der Waals surface area contributed by atoms with Crippen molar-refractivity contribution in [2.45, 2.75) is 12.7 Å². The van der Waals surface area contributed by atoms with E-state index in [0.717, 1.165) is 18.2 Å². The highest BCUT2D eigenvalue weighted by Gasteiger charge is 2.34. The maximum Gasteiger partial charge on any atom is 0.417 e. The van der Waals surface area contributed by atoms with E-state index in [1.807, 2.05) is 0 Å². The van der Waals surface area contributed by atoms with Crippen LogP contribution in [0.2, 0.25) is 0 Å². The number of ether oxygens (including phenoxy) is 1. The molecule has 1 aromatic heterocycles. The Kier molecular flexibility index (Phi) is 5.58. The number of benzene rings is 2. The number of pyridine rings is 1. The van der Waals surface area contributed by atoms with Gasteiger partial charge in [-0.3, -0.25) is 9.78 Å². The van der Waals surface area contributed by atoms with E-state index in [-0.39, 0.29) is 12.3 Å². The first-order valence-corrected chi connectivity index (χ1v) is 8.15. The van der Waals surface area contributed by atoms with Gasteiger partial charge in [0.05, 0.1) is 17.3 Å². The highest BCUT2D eigenvalue weighted by atomic mass is 19.4. The summed E-state index contributed by atoms with van der Waals surface area (Å²) in [5.74, 6) is -1.26. The maximum atomic E-state index is 14.2. The van der Waals surface area contributed by atoms with Crippen LogP contribution in [0.15, 0.2) is 67.0 Å². The smallest absolute Gasteiger partial charge is 0.417 e. The molecular weight excluding hydrogens is 376 g/mol. The van der Waals surface area contributed by atoms with Gasteiger partial charge in [-0.25, -0.2) is 4.39 Å². The standard InChI is InChI=1S/C20H14F4N2O2/c21-17-10-13(7-8-18(17)28-14-4-3-9-25-12-14)11-26-19(27)15-5-1-2-6-16(15)20(22,23)24/h1-10,12H,11H2,(H,26,27). The molecule has 0 saturated carbocycles. The third-order valence-corrected chi connectivity index (χ3v) is 3.79. The molecule has 1 heterocycles. The van der Waals surface area contributed by atoms with Crippen molar-refractivity contribution < 1.29 is 27.1 Å². The van der Waals surface area contributed by atoms with E-state index < -0.39 is 29.0 Å². The average molecular weight is 390 g/mol. The van der Waals surface area contributed by atoms with Gasteiger partial charge in [0, 0.05) is 12.7 Å². The summed E-state index contributed by atoms with van der Waals surface area (Å²) in [6, 6.07) is 11.7. The number of hydrogen-bond donors (Lipinski definition) is 1. The Balaban J connectivity index is 1.69. The van der Waals surface area contributed by atoms with Crippen LogP contribution in [0.5, 0.6) is 11.5 Å². The van der Waals surface area contributed by atoms with Crippen molar-refractivity contribution in [1.29, 1.82) is 0 Å². The summed E-state index contributed by atoms with van der Waals surface area (Å²) < 4.78 is 58.6. The molecule has 4 nitrogen and oxygen atoms in total. The predicted molar refractivity (Wildman–Crippen MR) is 93.3 cm³/mol. The number of rotatable bonds is 5. The number of nitrogens with zero attached hydrogens (tertiary/aromatic N) is 1. The second-order valence-electron chi connectivity index (χ2n) is 5.78. The molecule has 0 bridgehead atoms. The van der Waals surface area contributed by atoms with Crippen LogP contribution in [0.1, 0.15) is 21.5 Å². The van der Waals surface area contributed by atoms with Gasteiger partial charge in [-0.15, -0.1) is 0 Å². The minimum atomic E-state index is -4.65. The van der Waals surface area contributed by atoms with Gasteiger partial charge in [0.1, 0.15) is 5.75 Å². The summed E-state index contributed by atoms with van der Waals surface area (Å²) in [4.78, 5) is 16.0. The molecule has 0 fully saturated rings. The largest absolute Gasteiger partial charge is 0.453 e. The summed E-state index contributed by atoms with van der Waals surface area (Å²) in [5.41, 5.74) is -1.15. The average Bonchev–Trinajstić information content (AvgIpc) is 2.68. The van der Waals surface area contributed by atoms with Gasteiger partial charge in [0.15, 0.2) is 11.6 Å². The van der Waals surface area contributed by atoms with Gasteiger partial charge in [0.2, 0.25) is 0 Å². The summed E-state index contributed by atoms with van der Waals surface area (Å²) in [7, 11) is 0. The lowest BCUT2D eigenvalue weighted by molar-refractivity contribution is -0.137. The lowest BCUT2D eigenvalue weighted by Crippen LogP contribution is -2.25. The lowest BCUT2D eigenvalue weighted by atomic mass is 10.1. The molecular formula is C20H14F4N2O2. The predicted octanol–water partition coefficient (Wildman–Crippen LogP) is 4.96. The van der Waals surface area contributed by atoms with Gasteiger partial charge in [-0.1, -0.05) is 18.2 Å². The van der Waals surface area contributed by atoms with Crippen molar-refractivity contribution in [3.8, 4) is 11.5 Å². The summed E-state index contributed by atoms with van der Waals surface area (Å²) >= 11 is 0. The van der Waals surface area contributed by atoms with E-state index in [0.29, 0.717) is 11.3 Å². The van der Waals surface area contributed by atoms with Gasteiger partial charge in [0.25, 0.3) is 5.91 Å². The Morgan fingerprint density at radius 3 is 2.54 bits per heavy atom. The summed E-state index contributed by atoms with van der Waals surface area (Å²) in [5, 5.41) is 2.37. The van der Waals surface area contributed by atoms with Crippen molar-refractivity contribution in [1.82, 2.24) is 10.3 Å². The first kappa shape index (κ1) is 19.3. The molecule has 1 amide bonds. The zero-order valence-electron chi connectivity index (χ0n) is 14.3. The molecule has 3 aromatic rings. The molecule has 0 aliphatic rings. The number of aromatic nitrogens is 1. The van der Waals surface area contributed by atoms with E-state index in [1.165, 1.54) is 30.5 Å². The SMILES string of the molecule is O=C(NCc1ccc(Oc2cccnc2)c(F)c1)c1ccccc1C(F)(F)F. The molecule has 0 unspecified atom stereocenters. The van der Waals surface area contributed by atoms with E-state index in [9.17, 15) is 22.4 Å². The monoisotopic (exact) mass is 390 g/mol. The molecule has 1 N–H and O–H groups in total. The normalized spacial score (nSPS) is 11.1. The molecule has 3 rings (SSSR count). The highest BCUT2D eigenvalue weighted by molar-refractivity contribution is 5.95. The zero-order chi connectivity index (χ0) is 20.1. The first-order valence-electron chi connectivity index (χ1n) is 8.15. The summed E-state index contributed by atoms with van der Waals surface area (Å²) in [6.07, 6.45) is -1.68. The molecule has 28 heavy (non-hydrogen) atoms. The molecule has 0 spiro atoms. The first-order chi connectivity index (χ1) is 13.3. The van der Waals surface area contributed by atoms with E-state index >= 15 is 0 Å². The Morgan fingerprint density at radius 1 is 1.07 bits per heavy atom. The number of hydrogen-bond acceptors (Lipinski definition) is 3. The van der Waals surface area contributed by atoms with Crippen molar-refractivity contribution in [2.24, 2.45) is 0 Å². The van der Waals surface area contributed by atoms with Crippen molar-refractivity contribution in [3.63, 3.8) is 0 Å². The fourth-order valence-electron chi connectivity index (χ4n) is 2.48. The highest BCUT2D eigenvalue weighted by Crippen LogP contribution is 2.32.